The highest BCUT2D eigenvalue weighted by Crippen LogP contribution is 2.19. The molecule has 2 heterocycles. The molecule has 1 atom stereocenters. The van der Waals surface area contributed by atoms with E-state index < -0.39 is 12.1 Å². The van der Waals surface area contributed by atoms with Gasteiger partial charge in [0.05, 0.1) is 13.2 Å². The average Bonchev–Trinajstić information content (AvgIpc) is 3.09. The molecular formula is C22H29F3N2O4. The lowest BCUT2D eigenvalue weighted by atomic mass is 10.1. The molecule has 0 amide bonds. The summed E-state index contributed by atoms with van der Waals surface area (Å²) in [6.45, 7) is 6.48. The fraction of sp³-hybridized carbons (Fsp3) is 0.500. The summed E-state index contributed by atoms with van der Waals surface area (Å²) in [4.78, 5) is 11.4. The Balaban J connectivity index is 0.000000423. The number of fused-ring (bicyclic) bond motifs is 1. The molecule has 2 aromatic rings. The first-order chi connectivity index (χ1) is 14.8. The van der Waals surface area contributed by atoms with Crippen molar-refractivity contribution >= 4 is 5.97 Å². The van der Waals surface area contributed by atoms with Crippen LogP contribution in [0.15, 0.2) is 48.7 Å². The van der Waals surface area contributed by atoms with Crippen LogP contribution >= 0.6 is 0 Å². The molecule has 0 aliphatic carbocycles. The van der Waals surface area contributed by atoms with Gasteiger partial charge in [-0.05, 0) is 30.0 Å². The second-order valence-corrected chi connectivity index (χ2v) is 7.38. The Morgan fingerprint density at radius 1 is 1.13 bits per heavy atom. The number of hydrogen-bond donors (Lipinski definition) is 1. The number of rotatable bonds is 8. The van der Waals surface area contributed by atoms with E-state index in [0.29, 0.717) is 12.5 Å². The van der Waals surface area contributed by atoms with Crippen LogP contribution in [0, 0.1) is 5.92 Å². The predicted octanol–water partition coefficient (Wildman–Crippen LogP) is 3.81. The number of benzene rings is 1. The zero-order valence-corrected chi connectivity index (χ0v) is 17.6. The van der Waals surface area contributed by atoms with Gasteiger partial charge in [0, 0.05) is 51.8 Å². The summed E-state index contributed by atoms with van der Waals surface area (Å²) in [5.41, 5.74) is 2.64. The van der Waals surface area contributed by atoms with Crippen LogP contribution in [0.1, 0.15) is 17.7 Å². The SMILES string of the molecule is COCCC1CN(CCOCc2ccccc2)Cc2cccn2C1.O=C(O)C(F)(F)F. The standard InChI is InChI=1S/C20H28N2O2.C2HF3O2/c1-23-12-9-19-14-21(16-20-8-5-10-22(20)15-19)11-13-24-17-18-6-3-2-4-7-18;3-2(4,5)1(6)7/h2-8,10,19H,9,11-17H2,1H3;(H,6,7). The molecule has 1 unspecified atom stereocenters. The van der Waals surface area contributed by atoms with Crippen molar-refractivity contribution in [3.05, 3.63) is 59.9 Å². The number of halogens is 3. The minimum absolute atomic E-state index is 0.632. The number of hydrogen-bond acceptors (Lipinski definition) is 4. The van der Waals surface area contributed by atoms with Crippen LogP contribution in [0.2, 0.25) is 0 Å². The summed E-state index contributed by atoms with van der Waals surface area (Å²) in [7, 11) is 1.78. The Morgan fingerprint density at radius 3 is 2.48 bits per heavy atom. The average molecular weight is 442 g/mol. The Bertz CT molecular complexity index is 781. The van der Waals surface area contributed by atoms with Gasteiger partial charge in [0.15, 0.2) is 0 Å². The summed E-state index contributed by atoms with van der Waals surface area (Å²) >= 11 is 0. The van der Waals surface area contributed by atoms with Crippen molar-refractivity contribution in [1.82, 2.24) is 9.47 Å². The number of nitrogens with zero attached hydrogens (tertiary/aromatic N) is 2. The first kappa shape index (κ1) is 24.9. The maximum Gasteiger partial charge on any atom is 0.490 e. The number of methoxy groups -OCH3 is 1. The van der Waals surface area contributed by atoms with Crippen LogP contribution in [0.25, 0.3) is 0 Å². The van der Waals surface area contributed by atoms with E-state index in [4.69, 9.17) is 19.4 Å². The molecule has 1 aliphatic rings. The van der Waals surface area contributed by atoms with Crippen LogP contribution in [0.4, 0.5) is 13.2 Å². The van der Waals surface area contributed by atoms with E-state index in [-0.39, 0.29) is 0 Å². The molecule has 172 valence electrons. The Kier molecular flexibility index (Phi) is 10.0. The molecule has 0 radical (unpaired) electrons. The quantitative estimate of drug-likeness (QED) is 0.630. The normalized spacial score (nSPS) is 16.7. The van der Waals surface area contributed by atoms with Gasteiger partial charge in [-0.2, -0.15) is 13.2 Å². The van der Waals surface area contributed by atoms with Crippen molar-refractivity contribution < 1.29 is 32.5 Å². The highest BCUT2D eigenvalue weighted by Gasteiger charge is 2.38. The predicted molar refractivity (Wildman–Crippen MR) is 109 cm³/mol. The number of aromatic nitrogens is 1. The van der Waals surface area contributed by atoms with Gasteiger partial charge in [-0.15, -0.1) is 0 Å². The van der Waals surface area contributed by atoms with Crippen molar-refractivity contribution in [3.63, 3.8) is 0 Å². The third-order valence-electron chi connectivity index (χ3n) is 4.92. The maximum atomic E-state index is 10.6. The molecule has 1 N–H and O–H groups in total. The highest BCUT2D eigenvalue weighted by atomic mass is 19.4. The van der Waals surface area contributed by atoms with Gasteiger partial charge in [-0.1, -0.05) is 30.3 Å². The fourth-order valence-corrected chi connectivity index (χ4v) is 3.36. The van der Waals surface area contributed by atoms with E-state index >= 15 is 0 Å². The van der Waals surface area contributed by atoms with Gasteiger partial charge in [-0.3, -0.25) is 4.90 Å². The van der Waals surface area contributed by atoms with Crippen LogP contribution in [0.3, 0.4) is 0 Å². The van der Waals surface area contributed by atoms with Crippen LogP contribution in [-0.2, 0) is 34.0 Å². The summed E-state index contributed by atoms with van der Waals surface area (Å²) in [6, 6.07) is 14.8. The van der Waals surface area contributed by atoms with E-state index in [1.54, 1.807) is 7.11 Å². The van der Waals surface area contributed by atoms with Crippen molar-refractivity contribution in [2.24, 2.45) is 5.92 Å². The Hall–Kier alpha value is -2.36. The largest absolute Gasteiger partial charge is 0.490 e. The molecule has 31 heavy (non-hydrogen) atoms. The lowest BCUT2D eigenvalue weighted by molar-refractivity contribution is -0.192. The third-order valence-corrected chi connectivity index (χ3v) is 4.92. The van der Waals surface area contributed by atoms with Gasteiger partial charge in [0.25, 0.3) is 0 Å². The Labute approximate surface area is 180 Å². The maximum absolute atomic E-state index is 10.6. The molecule has 1 aliphatic heterocycles. The molecule has 1 aromatic heterocycles. The molecule has 1 aromatic carbocycles. The fourth-order valence-electron chi connectivity index (χ4n) is 3.36. The molecular weight excluding hydrogens is 413 g/mol. The van der Waals surface area contributed by atoms with Gasteiger partial charge in [0.2, 0.25) is 0 Å². The number of ether oxygens (including phenoxy) is 2. The minimum atomic E-state index is -5.08. The number of carboxylic acids is 1. The number of carbonyl (C=O) groups is 1. The number of aliphatic carboxylic acids is 1. The molecule has 0 spiro atoms. The van der Waals surface area contributed by atoms with E-state index in [1.807, 2.05) is 6.07 Å². The second-order valence-electron chi connectivity index (χ2n) is 7.38. The molecule has 6 nitrogen and oxygen atoms in total. The van der Waals surface area contributed by atoms with Gasteiger partial charge in [0.1, 0.15) is 0 Å². The van der Waals surface area contributed by atoms with Crippen molar-refractivity contribution in [1.29, 1.82) is 0 Å². The van der Waals surface area contributed by atoms with Crippen molar-refractivity contribution in [3.8, 4) is 0 Å². The van der Waals surface area contributed by atoms with E-state index in [0.717, 1.165) is 45.8 Å². The number of carboxylic acid groups (broad SMARTS) is 1. The molecule has 0 fully saturated rings. The first-order valence-corrected chi connectivity index (χ1v) is 10.1. The smallest absolute Gasteiger partial charge is 0.475 e. The van der Waals surface area contributed by atoms with Crippen LogP contribution < -0.4 is 0 Å². The van der Waals surface area contributed by atoms with Crippen LogP contribution in [0.5, 0.6) is 0 Å². The third kappa shape index (κ3) is 9.12. The van der Waals surface area contributed by atoms with E-state index in [1.165, 1.54) is 11.3 Å². The molecule has 0 saturated carbocycles. The van der Waals surface area contributed by atoms with E-state index in [2.05, 4.69) is 52.1 Å². The lowest BCUT2D eigenvalue weighted by Crippen LogP contribution is -2.31. The topological polar surface area (TPSA) is 63.9 Å². The molecule has 0 saturated heterocycles. The first-order valence-electron chi connectivity index (χ1n) is 10.1. The van der Waals surface area contributed by atoms with Gasteiger partial charge in [-0.25, -0.2) is 4.79 Å². The molecule has 3 rings (SSSR count). The van der Waals surface area contributed by atoms with Crippen LogP contribution in [-0.4, -0.2) is 60.1 Å². The Morgan fingerprint density at radius 2 is 1.84 bits per heavy atom. The highest BCUT2D eigenvalue weighted by molar-refractivity contribution is 5.73. The number of alkyl halides is 3. The molecule has 9 heteroatoms. The van der Waals surface area contributed by atoms with E-state index in [9.17, 15) is 13.2 Å². The van der Waals surface area contributed by atoms with Crippen molar-refractivity contribution in [2.45, 2.75) is 32.3 Å². The van der Waals surface area contributed by atoms with Gasteiger partial charge >= 0.3 is 12.1 Å². The monoisotopic (exact) mass is 442 g/mol. The summed E-state index contributed by atoms with van der Waals surface area (Å²) < 4.78 is 45.3. The minimum Gasteiger partial charge on any atom is -0.475 e. The zero-order valence-electron chi connectivity index (χ0n) is 17.6. The van der Waals surface area contributed by atoms with Crippen molar-refractivity contribution in [2.75, 3.05) is 33.4 Å². The lowest BCUT2D eigenvalue weighted by Gasteiger charge is -2.23. The van der Waals surface area contributed by atoms with Gasteiger partial charge < -0.3 is 19.1 Å². The molecule has 0 bridgehead atoms. The summed E-state index contributed by atoms with van der Waals surface area (Å²) in [5.74, 6) is -2.12. The summed E-state index contributed by atoms with van der Waals surface area (Å²) in [5, 5.41) is 7.12. The summed E-state index contributed by atoms with van der Waals surface area (Å²) in [6.07, 6.45) is -1.78. The second kappa shape index (κ2) is 12.5. The zero-order chi connectivity index (χ0) is 22.7.